The van der Waals surface area contributed by atoms with Gasteiger partial charge >= 0.3 is 11.7 Å². The molecule has 1 aromatic rings. The molecule has 1 fully saturated rings. The molecule has 0 saturated carbocycles. The molecule has 1 aromatic heterocycles. The van der Waals surface area contributed by atoms with Crippen molar-refractivity contribution in [3.05, 3.63) is 22.7 Å². The summed E-state index contributed by atoms with van der Waals surface area (Å²) in [5.41, 5.74) is 10.6. The SMILES string of the molecule is COC[C@H]1O[C@@H](n2ccc(N)nc2=O)[C@H](O)[C@@H]1OC(=O)[C@@H](N)C(C)C. The summed E-state index contributed by atoms with van der Waals surface area (Å²) in [4.78, 5) is 27.7. The number of nitrogen functional groups attached to an aromatic ring is 1. The van der Waals surface area contributed by atoms with E-state index in [9.17, 15) is 14.7 Å². The predicted octanol–water partition coefficient (Wildman–Crippen LogP) is -1.37. The van der Waals surface area contributed by atoms with Gasteiger partial charge in [-0.25, -0.2) is 4.79 Å². The van der Waals surface area contributed by atoms with Gasteiger partial charge < -0.3 is 30.8 Å². The standard InChI is InChI=1S/C15H24N4O6/c1-7(2)10(17)14(21)25-12-8(6-23-3)24-13(11(12)20)19-5-4-9(16)18-15(19)22/h4-5,7-8,10-13,20H,6,17H2,1-3H3,(H2,16,18,22)/t8-,10+,11-,12-,13-/m1/s1. The Bertz CT molecular complexity index is 664. The van der Waals surface area contributed by atoms with Crippen molar-refractivity contribution in [3.63, 3.8) is 0 Å². The van der Waals surface area contributed by atoms with Crippen LogP contribution in [0, 0.1) is 5.92 Å². The van der Waals surface area contributed by atoms with E-state index in [2.05, 4.69) is 4.98 Å². The van der Waals surface area contributed by atoms with Gasteiger partial charge in [0.05, 0.1) is 6.61 Å². The molecule has 0 aliphatic carbocycles. The fourth-order valence-corrected chi connectivity index (χ4v) is 2.50. The molecule has 25 heavy (non-hydrogen) atoms. The molecule has 1 aliphatic heterocycles. The minimum absolute atomic E-state index is 0.0491. The molecule has 140 valence electrons. The lowest BCUT2D eigenvalue weighted by Crippen LogP contribution is -2.45. The zero-order chi connectivity index (χ0) is 18.7. The van der Waals surface area contributed by atoms with Crippen LogP contribution in [0.2, 0.25) is 0 Å². The van der Waals surface area contributed by atoms with Gasteiger partial charge in [0.1, 0.15) is 24.1 Å². The van der Waals surface area contributed by atoms with Crippen molar-refractivity contribution in [2.75, 3.05) is 19.5 Å². The molecule has 0 amide bonds. The summed E-state index contributed by atoms with van der Waals surface area (Å²) in [6.07, 6.45) is -2.84. The highest BCUT2D eigenvalue weighted by Gasteiger charge is 2.48. The first kappa shape index (κ1) is 19.3. The van der Waals surface area contributed by atoms with Gasteiger partial charge in [0, 0.05) is 13.3 Å². The van der Waals surface area contributed by atoms with Gasteiger partial charge in [0.2, 0.25) is 0 Å². The molecule has 0 bridgehead atoms. The van der Waals surface area contributed by atoms with Gasteiger partial charge in [-0.05, 0) is 12.0 Å². The van der Waals surface area contributed by atoms with Gasteiger partial charge in [-0.1, -0.05) is 13.8 Å². The van der Waals surface area contributed by atoms with E-state index in [0.717, 1.165) is 4.57 Å². The smallest absolute Gasteiger partial charge is 0.351 e. The molecule has 2 rings (SSSR count). The number of hydrogen-bond acceptors (Lipinski definition) is 9. The molecule has 1 saturated heterocycles. The molecule has 1 aliphatic rings. The Morgan fingerprint density at radius 1 is 1.52 bits per heavy atom. The van der Waals surface area contributed by atoms with Crippen LogP contribution >= 0.6 is 0 Å². The molecule has 0 unspecified atom stereocenters. The monoisotopic (exact) mass is 356 g/mol. The highest BCUT2D eigenvalue weighted by atomic mass is 16.6. The molecule has 0 radical (unpaired) electrons. The molecule has 5 atom stereocenters. The first-order valence-corrected chi connectivity index (χ1v) is 7.89. The maximum atomic E-state index is 12.1. The van der Waals surface area contributed by atoms with Crippen molar-refractivity contribution in [3.8, 4) is 0 Å². The van der Waals surface area contributed by atoms with Crippen LogP contribution in [0.15, 0.2) is 17.1 Å². The van der Waals surface area contributed by atoms with Crippen molar-refractivity contribution in [2.45, 2.75) is 44.4 Å². The number of hydrogen-bond donors (Lipinski definition) is 3. The van der Waals surface area contributed by atoms with Crippen LogP contribution in [0.5, 0.6) is 0 Å². The second-order valence-corrected chi connectivity index (χ2v) is 6.22. The Morgan fingerprint density at radius 2 is 2.20 bits per heavy atom. The van der Waals surface area contributed by atoms with Crippen molar-refractivity contribution >= 4 is 11.8 Å². The van der Waals surface area contributed by atoms with Crippen LogP contribution < -0.4 is 17.2 Å². The Morgan fingerprint density at radius 3 is 2.76 bits per heavy atom. The van der Waals surface area contributed by atoms with Crippen LogP contribution in [0.3, 0.4) is 0 Å². The number of nitrogens with zero attached hydrogens (tertiary/aromatic N) is 2. The van der Waals surface area contributed by atoms with Gasteiger partial charge in [0.25, 0.3) is 0 Å². The number of anilines is 1. The molecule has 2 heterocycles. The van der Waals surface area contributed by atoms with Gasteiger partial charge in [0.15, 0.2) is 12.3 Å². The number of aliphatic hydroxyl groups excluding tert-OH is 1. The van der Waals surface area contributed by atoms with E-state index in [4.69, 9.17) is 25.7 Å². The molecular weight excluding hydrogens is 332 g/mol. The average Bonchev–Trinajstić information content (AvgIpc) is 2.83. The number of ether oxygens (including phenoxy) is 3. The van der Waals surface area contributed by atoms with E-state index in [1.54, 1.807) is 13.8 Å². The highest BCUT2D eigenvalue weighted by molar-refractivity contribution is 5.76. The lowest BCUT2D eigenvalue weighted by molar-refractivity contribution is -0.159. The summed E-state index contributed by atoms with van der Waals surface area (Å²) in [5.74, 6) is -0.743. The van der Waals surface area contributed by atoms with Crippen molar-refractivity contribution in [1.82, 2.24) is 9.55 Å². The number of carbonyl (C=O) groups is 1. The predicted molar refractivity (Wildman–Crippen MR) is 87.4 cm³/mol. The molecule has 5 N–H and O–H groups in total. The van der Waals surface area contributed by atoms with E-state index in [1.165, 1.54) is 19.4 Å². The lowest BCUT2D eigenvalue weighted by atomic mass is 10.1. The molecule has 0 spiro atoms. The largest absolute Gasteiger partial charge is 0.455 e. The number of nitrogens with two attached hydrogens (primary N) is 2. The van der Waals surface area contributed by atoms with Crippen LogP contribution in [0.25, 0.3) is 0 Å². The van der Waals surface area contributed by atoms with Crippen LogP contribution in [-0.2, 0) is 19.0 Å². The normalized spacial score (nSPS) is 27.4. The number of aliphatic hydroxyl groups is 1. The summed E-state index contributed by atoms with van der Waals surface area (Å²) >= 11 is 0. The number of rotatable bonds is 6. The first-order chi connectivity index (χ1) is 11.8. The first-order valence-electron chi connectivity index (χ1n) is 7.89. The van der Waals surface area contributed by atoms with Crippen LogP contribution in [0.1, 0.15) is 20.1 Å². The maximum Gasteiger partial charge on any atom is 0.351 e. The van der Waals surface area contributed by atoms with Gasteiger partial charge in [-0.3, -0.25) is 9.36 Å². The van der Waals surface area contributed by atoms with E-state index < -0.39 is 42.2 Å². The fraction of sp³-hybridized carbons (Fsp3) is 0.667. The third kappa shape index (κ3) is 4.15. The van der Waals surface area contributed by atoms with Crippen molar-refractivity contribution in [1.29, 1.82) is 0 Å². The van der Waals surface area contributed by atoms with E-state index in [1.807, 2.05) is 0 Å². The Labute approximate surface area is 144 Å². The Balaban J connectivity index is 2.23. The van der Waals surface area contributed by atoms with Gasteiger partial charge in [-0.15, -0.1) is 0 Å². The van der Waals surface area contributed by atoms with Crippen molar-refractivity contribution < 1.29 is 24.1 Å². The highest BCUT2D eigenvalue weighted by Crippen LogP contribution is 2.31. The van der Waals surface area contributed by atoms with E-state index >= 15 is 0 Å². The lowest BCUT2D eigenvalue weighted by Gasteiger charge is -2.23. The summed E-state index contributed by atoms with van der Waals surface area (Å²) in [5, 5.41) is 10.5. The number of carbonyl (C=O) groups excluding carboxylic acids is 1. The molecular formula is C15H24N4O6. The van der Waals surface area contributed by atoms with Crippen LogP contribution in [-0.4, -0.2) is 58.7 Å². The number of esters is 1. The third-order valence-electron chi connectivity index (χ3n) is 4.01. The van der Waals surface area contributed by atoms with E-state index in [0.29, 0.717) is 0 Å². The average molecular weight is 356 g/mol. The number of aromatic nitrogens is 2. The Hall–Kier alpha value is -2.01. The summed E-state index contributed by atoms with van der Waals surface area (Å²) in [6, 6.07) is 0.562. The second kappa shape index (κ2) is 7.91. The topological polar surface area (TPSA) is 152 Å². The molecule has 10 heteroatoms. The second-order valence-electron chi connectivity index (χ2n) is 6.22. The zero-order valence-corrected chi connectivity index (χ0v) is 14.4. The summed E-state index contributed by atoms with van der Waals surface area (Å²) in [6.45, 7) is 3.62. The maximum absolute atomic E-state index is 12.1. The minimum Gasteiger partial charge on any atom is -0.455 e. The van der Waals surface area contributed by atoms with Crippen LogP contribution in [0.4, 0.5) is 5.82 Å². The van der Waals surface area contributed by atoms with Gasteiger partial charge in [-0.2, -0.15) is 4.98 Å². The zero-order valence-electron chi connectivity index (χ0n) is 14.4. The number of methoxy groups -OCH3 is 1. The third-order valence-corrected chi connectivity index (χ3v) is 4.01. The Kier molecular flexibility index (Phi) is 6.11. The summed E-state index contributed by atoms with van der Waals surface area (Å²) in [7, 11) is 1.44. The summed E-state index contributed by atoms with van der Waals surface area (Å²) < 4.78 is 17.1. The van der Waals surface area contributed by atoms with E-state index in [-0.39, 0.29) is 18.3 Å². The quantitative estimate of drug-likeness (QED) is 0.524. The fourth-order valence-electron chi connectivity index (χ4n) is 2.50. The molecule has 0 aromatic carbocycles. The molecule has 10 nitrogen and oxygen atoms in total. The van der Waals surface area contributed by atoms with Crippen molar-refractivity contribution in [2.24, 2.45) is 11.7 Å². The minimum atomic E-state index is -1.30.